The molecule has 17 heavy (non-hydrogen) atoms. The molecule has 6 heteroatoms. The molecule has 1 aromatic heterocycles. The molecule has 0 fully saturated rings. The minimum absolute atomic E-state index is 0.0869. The number of imidazole rings is 1. The molecule has 1 heterocycles. The van der Waals surface area contributed by atoms with Crippen LogP contribution in [0.4, 0.5) is 18.9 Å². The van der Waals surface area contributed by atoms with Crippen LogP contribution in [0.3, 0.4) is 0 Å². The van der Waals surface area contributed by atoms with Gasteiger partial charge in [-0.05, 0) is 6.92 Å². The van der Waals surface area contributed by atoms with Crippen molar-refractivity contribution in [3.63, 3.8) is 0 Å². The maximum atomic E-state index is 13.2. The molecule has 0 aliphatic heterocycles. The van der Waals surface area contributed by atoms with Gasteiger partial charge in [0.2, 0.25) is 0 Å². The molecule has 0 spiro atoms. The molecule has 2 N–H and O–H groups in total. The molecule has 0 radical (unpaired) electrons. The van der Waals surface area contributed by atoms with Crippen molar-refractivity contribution in [3.8, 4) is 0 Å². The third-order valence-corrected chi connectivity index (χ3v) is 2.23. The number of aromatic nitrogens is 2. The summed E-state index contributed by atoms with van der Waals surface area (Å²) in [7, 11) is 0. The quantitative estimate of drug-likeness (QED) is 0.811. The third-order valence-electron chi connectivity index (χ3n) is 2.23. The zero-order valence-corrected chi connectivity index (χ0v) is 9.02. The minimum Gasteiger partial charge on any atom is -0.377 e. The van der Waals surface area contributed by atoms with Crippen molar-refractivity contribution in [1.29, 1.82) is 0 Å². The summed E-state index contributed by atoms with van der Waals surface area (Å²) in [5.41, 5.74) is 0.641. The summed E-state index contributed by atoms with van der Waals surface area (Å²) in [6.45, 7) is 2.03. The smallest absolute Gasteiger partial charge is 0.161 e. The van der Waals surface area contributed by atoms with E-state index in [1.807, 2.05) is 0 Å². The van der Waals surface area contributed by atoms with Crippen LogP contribution in [0.2, 0.25) is 0 Å². The fraction of sp³-hybridized carbons (Fsp3) is 0.182. The van der Waals surface area contributed by atoms with Crippen molar-refractivity contribution in [2.24, 2.45) is 0 Å². The number of aromatic amines is 1. The monoisotopic (exact) mass is 241 g/mol. The summed E-state index contributed by atoms with van der Waals surface area (Å²) < 4.78 is 38.8. The molecular formula is C11H10F3N3. The summed E-state index contributed by atoms with van der Waals surface area (Å²) in [6, 6.07) is 1.30. The Morgan fingerprint density at radius 1 is 1.18 bits per heavy atom. The first-order chi connectivity index (χ1) is 8.06. The lowest BCUT2D eigenvalue weighted by Gasteiger charge is -2.06. The molecule has 2 aromatic rings. The van der Waals surface area contributed by atoms with Gasteiger partial charge in [0.25, 0.3) is 0 Å². The molecule has 2 rings (SSSR count). The Kier molecular flexibility index (Phi) is 3.03. The van der Waals surface area contributed by atoms with Gasteiger partial charge in [0.05, 0.1) is 24.1 Å². The van der Waals surface area contributed by atoms with Gasteiger partial charge < -0.3 is 10.3 Å². The van der Waals surface area contributed by atoms with Gasteiger partial charge in [-0.3, -0.25) is 0 Å². The van der Waals surface area contributed by atoms with E-state index in [1.165, 1.54) is 0 Å². The maximum Gasteiger partial charge on any atom is 0.161 e. The van der Waals surface area contributed by atoms with Gasteiger partial charge in [0, 0.05) is 12.1 Å². The highest BCUT2D eigenvalue weighted by Gasteiger charge is 2.09. The van der Waals surface area contributed by atoms with E-state index in [2.05, 4.69) is 15.3 Å². The van der Waals surface area contributed by atoms with Gasteiger partial charge in [-0.1, -0.05) is 0 Å². The molecule has 0 saturated heterocycles. The van der Waals surface area contributed by atoms with Crippen LogP contribution in [0.15, 0.2) is 18.3 Å². The zero-order chi connectivity index (χ0) is 12.4. The van der Waals surface area contributed by atoms with E-state index in [0.717, 1.165) is 17.6 Å². The van der Waals surface area contributed by atoms with E-state index in [4.69, 9.17) is 0 Å². The van der Waals surface area contributed by atoms with Crippen molar-refractivity contribution >= 4 is 5.69 Å². The highest BCUT2D eigenvalue weighted by molar-refractivity contribution is 5.45. The van der Waals surface area contributed by atoms with Crippen LogP contribution in [0.25, 0.3) is 0 Å². The average Bonchev–Trinajstić information content (AvgIpc) is 2.68. The number of rotatable bonds is 3. The molecule has 0 aliphatic carbocycles. The zero-order valence-electron chi connectivity index (χ0n) is 9.02. The molecule has 3 nitrogen and oxygen atoms in total. The normalized spacial score (nSPS) is 10.6. The highest BCUT2D eigenvalue weighted by Crippen LogP contribution is 2.18. The van der Waals surface area contributed by atoms with Gasteiger partial charge in [-0.2, -0.15) is 0 Å². The van der Waals surface area contributed by atoms with Crippen molar-refractivity contribution in [1.82, 2.24) is 9.97 Å². The Labute approximate surface area is 95.7 Å². The van der Waals surface area contributed by atoms with Crippen LogP contribution >= 0.6 is 0 Å². The number of hydrogen-bond acceptors (Lipinski definition) is 2. The summed E-state index contributed by atoms with van der Waals surface area (Å²) >= 11 is 0. The minimum atomic E-state index is -1.20. The first-order valence-corrected chi connectivity index (χ1v) is 4.95. The first kappa shape index (κ1) is 11.5. The van der Waals surface area contributed by atoms with E-state index in [0.29, 0.717) is 6.07 Å². The fourth-order valence-corrected chi connectivity index (χ4v) is 1.41. The second-order valence-corrected chi connectivity index (χ2v) is 3.59. The van der Waals surface area contributed by atoms with E-state index in [-0.39, 0.29) is 12.2 Å². The van der Waals surface area contributed by atoms with Crippen molar-refractivity contribution < 1.29 is 13.2 Å². The predicted octanol–water partition coefficient (Wildman–Crippen LogP) is 2.75. The number of halogens is 3. The molecule has 0 aliphatic rings. The number of aryl methyl sites for hydroxylation is 1. The van der Waals surface area contributed by atoms with E-state index in [9.17, 15) is 13.2 Å². The third kappa shape index (κ3) is 2.58. The van der Waals surface area contributed by atoms with E-state index in [1.54, 1.807) is 13.1 Å². The molecule has 0 amide bonds. The molecule has 0 atom stereocenters. The standard InChI is InChI=1S/C11H10F3N3/c1-6-15-4-7(17-6)5-16-11-3-9(13)8(12)2-10(11)14/h2-4,16H,5H2,1H3,(H,15,17). The number of H-pyrrole nitrogens is 1. The van der Waals surface area contributed by atoms with Crippen LogP contribution in [0.5, 0.6) is 0 Å². The molecule has 0 saturated carbocycles. The van der Waals surface area contributed by atoms with Gasteiger partial charge in [0.15, 0.2) is 11.6 Å². The maximum absolute atomic E-state index is 13.2. The average molecular weight is 241 g/mol. The Morgan fingerprint density at radius 2 is 1.88 bits per heavy atom. The van der Waals surface area contributed by atoms with Crippen molar-refractivity contribution in [3.05, 3.63) is 47.3 Å². The Morgan fingerprint density at radius 3 is 2.53 bits per heavy atom. The van der Waals surface area contributed by atoms with Gasteiger partial charge in [-0.15, -0.1) is 0 Å². The molecule has 0 bridgehead atoms. The summed E-state index contributed by atoms with van der Waals surface area (Å²) in [5.74, 6) is -2.40. The lowest BCUT2D eigenvalue weighted by Crippen LogP contribution is -2.03. The molecule has 1 aromatic carbocycles. The van der Waals surface area contributed by atoms with Gasteiger partial charge in [-0.25, -0.2) is 18.2 Å². The van der Waals surface area contributed by atoms with Crippen molar-refractivity contribution in [2.75, 3.05) is 5.32 Å². The number of nitrogens with zero attached hydrogens (tertiary/aromatic N) is 1. The number of nitrogens with one attached hydrogen (secondary N) is 2. The number of hydrogen-bond donors (Lipinski definition) is 2. The van der Waals surface area contributed by atoms with Crippen LogP contribution in [0.1, 0.15) is 11.5 Å². The number of benzene rings is 1. The van der Waals surface area contributed by atoms with Crippen LogP contribution < -0.4 is 5.32 Å². The molecular weight excluding hydrogens is 231 g/mol. The summed E-state index contributed by atoms with van der Waals surface area (Å²) in [6.07, 6.45) is 1.58. The highest BCUT2D eigenvalue weighted by atomic mass is 19.2. The van der Waals surface area contributed by atoms with Crippen LogP contribution in [-0.2, 0) is 6.54 Å². The molecule has 0 unspecified atom stereocenters. The first-order valence-electron chi connectivity index (χ1n) is 4.95. The second-order valence-electron chi connectivity index (χ2n) is 3.59. The largest absolute Gasteiger partial charge is 0.377 e. The Balaban J connectivity index is 2.11. The second kappa shape index (κ2) is 4.48. The Bertz CT molecular complexity index is 537. The van der Waals surface area contributed by atoms with Crippen molar-refractivity contribution in [2.45, 2.75) is 13.5 Å². The van der Waals surface area contributed by atoms with E-state index >= 15 is 0 Å². The molecule has 90 valence electrons. The predicted molar refractivity (Wildman–Crippen MR) is 57.0 cm³/mol. The van der Waals surface area contributed by atoms with Crippen LogP contribution in [-0.4, -0.2) is 9.97 Å². The Hall–Kier alpha value is -1.98. The lowest BCUT2D eigenvalue weighted by atomic mass is 10.2. The topological polar surface area (TPSA) is 40.7 Å². The van der Waals surface area contributed by atoms with Crippen LogP contribution in [0, 0.1) is 24.4 Å². The number of anilines is 1. The lowest BCUT2D eigenvalue weighted by molar-refractivity contribution is 0.496. The fourth-order valence-electron chi connectivity index (χ4n) is 1.41. The SMILES string of the molecule is Cc1ncc(CNc2cc(F)c(F)cc2F)[nH]1. The summed E-state index contributed by atoms with van der Waals surface area (Å²) in [4.78, 5) is 6.89. The summed E-state index contributed by atoms with van der Waals surface area (Å²) in [5, 5.41) is 2.66. The van der Waals surface area contributed by atoms with Gasteiger partial charge in [0.1, 0.15) is 11.6 Å². The van der Waals surface area contributed by atoms with Gasteiger partial charge >= 0.3 is 0 Å². The van der Waals surface area contributed by atoms with E-state index < -0.39 is 17.5 Å².